The Morgan fingerprint density at radius 3 is 2.72 bits per heavy atom. The van der Waals surface area contributed by atoms with Crippen LogP contribution in [0.2, 0.25) is 0 Å². The van der Waals surface area contributed by atoms with Crippen LogP contribution >= 0.6 is 23.1 Å². The number of nitrogens with zero attached hydrogens (tertiary/aromatic N) is 4. The predicted molar refractivity (Wildman–Crippen MR) is 138 cm³/mol. The van der Waals surface area contributed by atoms with Crippen molar-refractivity contribution in [2.45, 2.75) is 48.8 Å². The summed E-state index contributed by atoms with van der Waals surface area (Å²) in [6.07, 6.45) is 7.44. The third kappa shape index (κ3) is 6.30. The molecule has 2 amide bonds. The van der Waals surface area contributed by atoms with Crippen LogP contribution in [-0.2, 0) is 31.0 Å². The minimum atomic E-state index is -1.27. The lowest BCUT2D eigenvalue weighted by atomic mass is 9.92. The van der Waals surface area contributed by atoms with Gasteiger partial charge in [-0.2, -0.15) is 0 Å². The highest BCUT2D eigenvalue weighted by Gasteiger charge is 2.55. The van der Waals surface area contributed by atoms with Crippen LogP contribution in [0.4, 0.5) is 5.13 Å². The van der Waals surface area contributed by atoms with Crippen LogP contribution in [0.3, 0.4) is 0 Å². The quantitative estimate of drug-likeness (QED) is 0.0680. The maximum absolute atomic E-state index is 13.2. The number of thiazole rings is 1. The predicted octanol–water partition coefficient (Wildman–Crippen LogP) is -1.97. The summed E-state index contributed by atoms with van der Waals surface area (Å²) in [5.74, 6) is -2.02. The van der Waals surface area contributed by atoms with Gasteiger partial charge in [0, 0.05) is 22.4 Å². The summed E-state index contributed by atoms with van der Waals surface area (Å²) in [7, 11) is 1.90. The summed E-state index contributed by atoms with van der Waals surface area (Å²) >= 11 is 2.56. The average molecular weight is 687 g/mol. The number of fused-ring (bicyclic) bond motifs is 1. The topological polar surface area (TPSA) is 160 Å². The summed E-state index contributed by atoms with van der Waals surface area (Å²) < 4.78 is 7.69. The zero-order valence-corrected chi connectivity index (χ0v) is 24.7. The number of carbonyl (C=O) groups excluding carboxylic acids is 2. The van der Waals surface area contributed by atoms with Crippen molar-refractivity contribution in [2.75, 3.05) is 18.1 Å². The van der Waals surface area contributed by atoms with Gasteiger partial charge in [0.15, 0.2) is 28.9 Å². The molecule has 1 aliphatic carbocycles. The fourth-order valence-corrected chi connectivity index (χ4v) is 5.91. The second-order valence-corrected chi connectivity index (χ2v) is 11.1. The van der Waals surface area contributed by atoms with Crippen molar-refractivity contribution in [3.8, 4) is 0 Å². The summed E-state index contributed by atoms with van der Waals surface area (Å²) in [6, 6.07) is 2.17. The molecule has 15 heteroatoms. The molecule has 208 valence electrons. The Hall–Kier alpha value is -2.92. The maximum atomic E-state index is 13.2. The van der Waals surface area contributed by atoms with Gasteiger partial charge in [-0.25, -0.2) is 14.3 Å². The second kappa shape index (κ2) is 12.5. The molecule has 1 saturated heterocycles. The van der Waals surface area contributed by atoms with E-state index in [1.54, 1.807) is 5.38 Å². The van der Waals surface area contributed by atoms with Crippen molar-refractivity contribution in [3.63, 3.8) is 0 Å². The van der Waals surface area contributed by atoms with Crippen LogP contribution in [0, 0.1) is 0 Å². The monoisotopic (exact) mass is 686 g/mol. The molecule has 0 spiro atoms. The number of hydrogen-bond donors (Lipinski definition) is 3. The van der Waals surface area contributed by atoms with Crippen LogP contribution < -0.4 is 39.6 Å². The number of hydrogen-bond acceptors (Lipinski definition) is 10. The van der Waals surface area contributed by atoms with Gasteiger partial charge < -0.3 is 49.7 Å². The highest BCUT2D eigenvalue weighted by Crippen LogP contribution is 2.35. The highest BCUT2D eigenvalue weighted by molar-refractivity contribution is 7.99. The van der Waals surface area contributed by atoms with E-state index in [0.717, 1.165) is 41.9 Å². The molecule has 39 heavy (non-hydrogen) atoms. The number of nitrogens with two attached hydrogens (primary N) is 1. The van der Waals surface area contributed by atoms with Crippen molar-refractivity contribution in [3.05, 3.63) is 47.1 Å². The molecule has 3 aliphatic rings. The number of aryl methyl sites for hydroxylation is 1. The molecule has 4 N–H and O–H groups in total. The van der Waals surface area contributed by atoms with Gasteiger partial charge in [0.25, 0.3) is 11.8 Å². The molecule has 0 bridgehead atoms. The number of thioether (sulfide) groups is 1. The maximum Gasteiger partial charge on any atom is 0.356 e. The molecule has 4 heterocycles. The smallest absolute Gasteiger partial charge is 0.356 e. The van der Waals surface area contributed by atoms with E-state index in [2.05, 4.69) is 15.5 Å². The SMILES string of the molecule is C[n+]1ccc(SCC2=C(C(=O)O)N3C(=O)[C@@H](NC(=O)/C(=N\OC4CCCC4)c4csc(N)n4)[C@H]3CO2)cc1.[I-]. The van der Waals surface area contributed by atoms with Crippen molar-refractivity contribution in [1.29, 1.82) is 0 Å². The van der Waals surface area contributed by atoms with E-state index in [0.29, 0.717) is 0 Å². The van der Waals surface area contributed by atoms with Crippen molar-refractivity contribution >= 4 is 51.7 Å². The van der Waals surface area contributed by atoms with Crippen LogP contribution in [0.15, 0.2) is 51.4 Å². The Balaban J connectivity index is 0.00000353. The number of nitrogen functional groups attached to an aromatic ring is 1. The summed E-state index contributed by atoms with van der Waals surface area (Å²) in [4.78, 5) is 50.2. The number of carboxylic acid groups (broad SMARTS) is 1. The van der Waals surface area contributed by atoms with E-state index in [1.165, 1.54) is 16.7 Å². The van der Waals surface area contributed by atoms with Gasteiger partial charge in [-0.3, -0.25) is 14.5 Å². The number of halogens is 1. The number of ether oxygens (including phenoxy) is 1. The van der Waals surface area contributed by atoms with E-state index in [-0.39, 0.29) is 70.4 Å². The Morgan fingerprint density at radius 1 is 1.36 bits per heavy atom. The molecule has 2 aromatic heterocycles. The van der Waals surface area contributed by atoms with E-state index < -0.39 is 29.9 Å². The standard InChI is InChI=1S/C24H26N6O6S2.HI/c1-29-8-6-14(7-9-29)37-12-17-20(23(33)34)30-16(10-35-17)19(22(30)32)27-21(31)18(15-11-38-24(25)26-15)28-36-13-4-2-3-5-13;/h6-9,11,13,16,19H,2-5,10,12H2,1H3,(H3-,25,26,27,31,33,34);1H/b28-18-;/t16-,19+;/m1./s1. The first kappa shape index (κ1) is 29.1. The van der Waals surface area contributed by atoms with Crippen molar-refractivity contribution in [1.82, 2.24) is 15.2 Å². The first-order valence-corrected chi connectivity index (χ1v) is 13.9. The largest absolute Gasteiger partial charge is 1.00 e. The lowest BCUT2D eigenvalue weighted by Crippen LogP contribution is -3.00. The number of amides is 2. The zero-order chi connectivity index (χ0) is 26.8. The molecule has 2 aliphatic heterocycles. The number of nitrogens with one attached hydrogen (secondary N) is 1. The number of carbonyl (C=O) groups is 3. The Morgan fingerprint density at radius 2 is 2.08 bits per heavy atom. The second-order valence-electron chi connectivity index (χ2n) is 9.13. The Labute approximate surface area is 249 Å². The third-order valence-electron chi connectivity index (χ3n) is 6.54. The van der Waals surface area contributed by atoms with Gasteiger partial charge >= 0.3 is 5.97 Å². The first-order valence-electron chi connectivity index (χ1n) is 12.1. The van der Waals surface area contributed by atoms with Gasteiger partial charge in [-0.05, 0) is 25.7 Å². The highest BCUT2D eigenvalue weighted by atomic mass is 127. The van der Waals surface area contributed by atoms with Crippen LogP contribution in [0.5, 0.6) is 0 Å². The summed E-state index contributed by atoms with van der Waals surface area (Å²) in [6.45, 7) is 0.0435. The number of carboxylic acids is 1. The minimum absolute atomic E-state index is 0. The molecule has 2 aromatic rings. The molecule has 2 fully saturated rings. The van der Waals surface area contributed by atoms with E-state index in [1.807, 2.05) is 36.1 Å². The van der Waals surface area contributed by atoms with Gasteiger partial charge in [0.05, 0.1) is 5.75 Å². The van der Waals surface area contributed by atoms with E-state index in [9.17, 15) is 19.5 Å². The fourth-order valence-electron chi connectivity index (χ4n) is 4.53. The average Bonchev–Trinajstić information content (AvgIpc) is 3.58. The number of oxime groups is 1. The number of aromatic nitrogens is 2. The van der Waals surface area contributed by atoms with Crippen LogP contribution in [0.1, 0.15) is 31.4 Å². The number of pyridine rings is 1. The molecule has 0 unspecified atom stereocenters. The normalized spacial score (nSPS) is 21.0. The molecule has 2 atom stereocenters. The van der Waals surface area contributed by atoms with Gasteiger partial charge in [0.2, 0.25) is 0 Å². The van der Waals surface area contributed by atoms with Crippen LogP contribution in [-0.4, -0.2) is 69.0 Å². The first-order chi connectivity index (χ1) is 18.3. The summed E-state index contributed by atoms with van der Waals surface area (Å²) in [5.41, 5.74) is 5.69. The molecular formula is C24H27IN6O6S2. The number of β-lactam (4-membered cyclic amide) rings is 1. The molecule has 0 radical (unpaired) electrons. The molecule has 0 aromatic carbocycles. The molecule has 1 saturated carbocycles. The lowest BCUT2D eigenvalue weighted by Gasteiger charge is -2.49. The Bertz CT molecular complexity index is 1310. The zero-order valence-electron chi connectivity index (χ0n) is 20.9. The van der Waals surface area contributed by atoms with Crippen molar-refractivity contribution < 1.29 is 57.6 Å². The number of aliphatic carboxylic acids is 1. The molecule has 5 rings (SSSR count). The van der Waals surface area contributed by atoms with Crippen LogP contribution in [0.25, 0.3) is 0 Å². The minimum Gasteiger partial charge on any atom is -1.00 e. The van der Waals surface area contributed by atoms with Gasteiger partial charge in [0.1, 0.15) is 43.3 Å². The van der Waals surface area contributed by atoms with Crippen molar-refractivity contribution in [2.24, 2.45) is 12.2 Å². The summed E-state index contributed by atoms with van der Waals surface area (Å²) in [5, 5.41) is 18.5. The molecule has 12 nitrogen and oxygen atoms in total. The van der Waals surface area contributed by atoms with E-state index >= 15 is 0 Å². The lowest BCUT2D eigenvalue weighted by molar-refractivity contribution is -0.671. The fraction of sp³-hybridized carbons (Fsp3) is 0.417. The number of rotatable bonds is 9. The van der Waals surface area contributed by atoms with Gasteiger partial charge in [-0.1, -0.05) is 5.16 Å². The van der Waals surface area contributed by atoms with Gasteiger partial charge in [-0.15, -0.1) is 23.1 Å². The van der Waals surface area contributed by atoms with E-state index in [4.69, 9.17) is 15.3 Å². The third-order valence-corrected chi connectivity index (χ3v) is 8.22. The number of anilines is 1. The molecular weight excluding hydrogens is 659 g/mol. The Kier molecular flexibility index (Phi) is 9.32.